The molecule has 0 aliphatic heterocycles. The molecule has 1 unspecified atom stereocenters. The average molecular weight is 361 g/mol. The largest absolute Gasteiger partial charge is 0.483 e. The van der Waals surface area contributed by atoms with Crippen molar-refractivity contribution in [1.29, 1.82) is 0 Å². The molecule has 0 heterocycles. The van der Waals surface area contributed by atoms with Gasteiger partial charge in [-0.2, -0.15) is 0 Å². The molecule has 0 amide bonds. The summed E-state index contributed by atoms with van der Waals surface area (Å²) in [5.41, 5.74) is 6.69. The molecule has 0 aliphatic carbocycles. The first kappa shape index (κ1) is 14.7. The summed E-state index contributed by atoms with van der Waals surface area (Å²) in [5, 5.41) is 1.19. The topological polar surface area (TPSA) is 35.2 Å². The molecule has 0 spiro atoms. The molecule has 100 valence electrons. The fraction of sp³-hybridized carbons (Fsp3) is 0.143. The van der Waals surface area contributed by atoms with Crippen LogP contribution in [-0.2, 0) is 0 Å². The Morgan fingerprint density at radius 3 is 2.58 bits per heavy atom. The monoisotopic (exact) mass is 359 g/mol. The lowest BCUT2D eigenvalue weighted by Gasteiger charge is -2.19. The lowest BCUT2D eigenvalue weighted by atomic mass is 10.1. The van der Waals surface area contributed by atoms with Crippen molar-refractivity contribution in [3.8, 4) is 5.75 Å². The fourth-order valence-electron chi connectivity index (χ4n) is 1.68. The van der Waals surface area contributed by atoms with Crippen LogP contribution in [0.3, 0.4) is 0 Å². The average Bonchev–Trinajstić information content (AvgIpc) is 2.38. The SMILES string of the molecule is NCC(Oc1ccc(Br)cc1Cl)c1cccc(Cl)c1. The van der Waals surface area contributed by atoms with Crippen molar-refractivity contribution in [2.75, 3.05) is 6.54 Å². The highest BCUT2D eigenvalue weighted by atomic mass is 79.9. The number of ether oxygens (including phenoxy) is 1. The summed E-state index contributed by atoms with van der Waals surface area (Å²) >= 11 is 15.5. The standard InChI is InChI=1S/C14H12BrCl2NO/c15-10-4-5-13(12(17)7-10)19-14(8-18)9-2-1-3-11(16)6-9/h1-7,14H,8,18H2. The maximum Gasteiger partial charge on any atom is 0.138 e. The zero-order valence-electron chi connectivity index (χ0n) is 9.95. The van der Waals surface area contributed by atoms with E-state index in [-0.39, 0.29) is 6.10 Å². The Balaban J connectivity index is 2.24. The van der Waals surface area contributed by atoms with Crippen molar-refractivity contribution in [1.82, 2.24) is 0 Å². The van der Waals surface area contributed by atoms with Crippen LogP contribution in [0.5, 0.6) is 5.75 Å². The molecule has 2 N–H and O–H groups in total. The Morgan fingerprint density at radius 1 is 1.16 bits per heavy atom. The molecule has 0 aromatic heterocycles. The number of nitrogens with two attached hydrogens (primary N) is 1. The number of halogens is 3. The zero-order valence-corrected chi connectivity index (χ0v) is 13.0. The van der Waals surface area contributed by atoms with Crippen LogP contribution in [0.1, 0.15) is 11.7 Å². The van der Waals surface area contributed by atoms with Gasteiger partial charge in [-0.1, -0.05) is 51.3 Å². The minimum atomic E-state index is -0.280. The van der Waals surface area contributed by atoms with E-state index in [0.717, 1.165) is 10.0 Å². The molecule has 1 atom stereocenters. The first-order chi connectivity index (χ1) is 9.10. The second-order valence-corrected chi connectivity index (χ2v) is 5.73. The van der Waals surface area contributed by atoms with E-state index < -0.39 is 0 Å². The Hall–Kier alpha value is -0.740. The molecule has 0 saturated carbocycles. The predicted molar refractivity (Wildman–Crippen MR) is 83.0 cm³/mol. The normalized spacial score (nSPS) is 12.2. The van der Waals surface area contributed by atoms with E-state index in [1.54, 1.807) is 12.1 Å². The molecule has 2 nitrogen and oxygen atoms in total. The summed E-state index contributed by atoms with van der Waals surface area (Å²) < 4.78 is 6.75. The lowest BCUT2D eigenvalue weighted by molar-refractivity contribution is 0.214. The van der Waals surface area contributed by atoms with Gasteiger partial charge in [0.25, 0.3) is 0 Å². The van der Waals surface area contributed by atoms with Gasteiger partial charge in [0.2, 0.25) is 0 Å². The van der Waals surface area contributed by atoms with Crippen molar-refractivity contribution in [2.45, 2.75) is 6.10 Å². The maximum atomic E-state index is 6.13. The first-order valence-corrected chi connectivity index (χ1v) is 7.22. The molecule has 5 heteroatoms. The van der Waals surface area contributed by atoms with Gasteiger partial charge in [-0.25, -0.2) is 0 Å². The Bertz CT molecular complexity index is 577. The van der Waals surface area contributed by atoms with Crippen molar-refractivity contribution >= 4 is 39.1 Å². The molecule has 0 fully saturated rings. The van der Waals surface area contributed by atoms with E-state index in [2.05, 4.69) is 15.9 Å². The van der Waals surface area contributed by atoms with Gasteiger partial charge in [0, 0.05) is 16.0 Å². The Morgan fingerprint density at radius 2 is 1.95 bits per heavy atom. The lowest BCUT2D eigenvalue weighted by Crippen LogP contribution is -2.18. The third-order valence-corrected chi connectivity index (χ3v) is 3.62. The van der Waals surface area contributed by atoms with Gasteiger partial charge in [0.05, 0.1) is 5.02 Å². The molecule has 2 aromatic carbocycles. The van der Waals surface area contributed by atoms with Gasteiger partial charge in [-0.3, -0.25) is 0 Å². The molecule has 0 saturated heterocycles. The quantitative estimate of drug-likeness (QED) is 0.846. The molecule has 19 heavy (non-hydrogen) atoms. The van der Waals surface area contributed by atoms with E-state index >= 15 is 0 Å². The molecular formula is C14H12BrCl2NO. The molecule has 2 rings (SSSR count). The minimum Gasteiger partial charge on any atom is -0.483 e. The third kappa shape index (κ3) is 3.86. The summed E-state index contributed by atoms with van der Waals surface area (Å²) in [4.78, 5) is 0. The highest BCUT2D eigenvalue weighted by molar-refractivity contribution is 9.10. The van der Waals surface area contributed by atoms with Crippen molar-refractivity contribution in [3.63, 3.8) is 0 Å². The summed E-state index contributed by atoms with van der Waals surface area (Å²) in [6.45, 7) is 0.340. The van der Waals surface area contributed by atoms with Crippen LogP contribution in [0.4, 0.5) is 0 Å². The number of hydrogen-bond acceptors (Lipinski definition) is 2. The second kappa shape index (κ2) is 6.62. The van der Waals surface area contributed by atoms with Crippen LogP contribution in [-0.4, -0.2) is 6.54 Å². The third-order valence-electron chi connectivity index (χ3n) is 2.60. The molecule has 0 bridgehead atoms. The number of benzene rings is 2. The van der Waals surface area contributed by atoms with Crippen LogP contribution >= 0.6 is 39.1 Å². The van der Waals surface area contributed by atoms with Gasteiger partial charge in [0.15, 0.2) is 0 Å². The summed E-state index contributed by atoms with van der Waals surface area (Å²) in [6, 6.07) is 12.9. The summed E-state index contributed by atoms with van der Waals surface area (Å²) in [6.07, 6.45) is -0.280. The fourth-order valence-corrected chi connectivity index (χ4v) is 2.60. The van der Waals surface area contributed by atoms with Crippen LogP contribution in [0, 0.1) is 0 Å². The van der Waals surface area contributed by atoms with E-state index in [1.807, 2.05) is 30.3 Å². The van der Waals surface area contributed by atoms with Crippen molar-refractivity contribution in [2.24, 2.45) is 5.73 Å². The Kier molecular flexibility index (Phi) is 5.11. The number of rotatable bonds is 4. The van der Waals surface area contributed by atoms with Gasteiger partial charge < -0.3 is 10.5 Å². The predicted octanol–water partition coefficient (Wildman–Crippen LogP) is 4.83. The molecule has 2 aromatic rings. The van der Waals surface area contributed by atoms with Gasteiger partial charge in [-0.05, 0) is 35.9 Å². The van der Waals surface area contributed by atoms with Crippen LogP contribution < -0.4 is 10.5 Å². The van der Waals surface area contributed by atoms with Crippen LogP contribution in [0.25, 0.3) is 0 Å². The van der Waals surface area contributed by atoms with Gasteiger partial charge in [-0.15, -0.1) is 0 Å². The molecular weight excluding hydrogens is 349 g/mol. The Labute approximate surface area is 130 Å². The summed E-state index contributed by atoms with van der Waals surface area (Å²) in [7, 11) is 0. The number of hydrogen-bond donors (Lipinski definition) is 1. The second-order valence-electron chi connectivity index (χ2n) is 3.97. The molecule has 0 aliphatic rings. The first-order valence-electron chi connectivity index (χ1n) is 5.67. The van der Waals surface area contributed by atoms with Gasteiger partial charge >= 0.3 is 0 Å². The summed E-state index contributed by atoms with van der Waals surface area (Å²) in [5.74, 6) is 0.597. The van der Waals surface area contributed by atoms with Gasteiger partial charge in [0.1, 0.15) is 11.9 Å². The van der Waals surface area contributed by atoms with Crippen molar-refractivity contribution in [3.05, 3.63) is 62.5 Å². The van der Waals surface area contributed by atoms with E-state index in [4.69, 9.17) is 33.7 Å². The molecule has 0 radical (unpaired) electrons. The maximum absolute atomic E-state index is 6.13. The van der Waals surface area contributed by atoms with E-state index in [0.29, 0.717) is 22.3 Å². The van der Waals surface area contributed by atoms with Crippen LogP contribution in [0.15, 0.2) is 46.9 Å². The highest BCUT2D eigenvalue weighted by Gasteiger charge is 2.13. The van der Waals surface area contributed by atoms with Crippen LogP contribution in [0.2, 0.25) is 10.0 Å². The van der Waals surface area contributed by atoms with E-state index in [9.17, 15) is 0 Å². The highest BCUT2D eigenvalue weighted by Crippen LogP contribution is 2.31. The smallest absolute Gasteiger partial charge is 0.138 e. The van der Waals surface area contributed by atoms with Crippen molar-refractivity contribution < 1.29 is 4.74 Å². The minimum absolute atomic E-state index is 0.280. The van der Waals surface area contributed by atoms with E-state index in [1.165, 1.54) is 0 Å². The zero-order chi connectivity index (χ0) is 13.8.